The Morgan fingerprint density at radius 2 is 1.57 bits per heavy atom. The average molecular weight is 275 g/mol. The summed E-state index contributed by atoms with van der Waals surface area (Å²) in [5.74, 6) is -0.424. The van der Waals surface area contributed by atoms with Crippen molar-refractivity contribution in [1.82, 2.24) is 0 Å². The summed E-state index contributed by atoms with van der Waals surface area (Å²) >= 11 is 0. The summed E-state index contributed by atoms with van der Waals surface area (Å²) in [6.45, 7) is 0. The SMILES string of the molecule is O=C1ON=C(c2ccccc2)/C1=C\C=Cc1ccccc1. The first-order valence-electron chi connectivity index (χ1n) is 6.63. The molecular formula is C18H13NO2. The Bertz CT molecular complexity index is 728. The number of nitrogens with zero attached hydrogens (tertiary/aromatic N) is 1. The predicted octanol–water partition coefficient (Wildman–Crippen LogP) is 3.59. The van der Waals surface area contributed by atoms with Crippen LogP contribution in [0.25, 0.3) is 6.08 Å². The summed E-state index contributed by atoms with van der Waals surface area (Å²) in [4.78, 5) is 16.5. The van der Waals surface area contributed by atoms with Crippen LogP contribution >= 0.6 is 0 Å². The van der Waals surface area contributed by atoms with Gasteiger partial charge in [0.25, 0.3) is 0 Å². The van der Waals surface area contributed by atoms with Crippen molar-refractivity contribution in [1.29, 1.82) is 0 Å². The van der Waals surface area contributed by atoms with Crippen LogP contribution in [-0.2, 0) is 9.63 Å². The van der Waals surface area contributed by atoms with Gasteiger partial charge in [-0.1, -0.05) is 78.0 Å². The minimum absolute atomic E-state index is 0.424. The molecule has 3 nitrogen and oxygen atoms in total. The highest BCUT2D eigenvalue weighted by Gasteiger charge is 2.25. The summed E-state index contributed by atoms with van der Waals surface area (Å²) < 4.78 is 0. The van der Waals surface area contributed by atoms with Gasteiger partial charge in [-0.05, 0) is 11.6 Å². The van der Waals surface area contributed by atoms with Gasteiger partial charge in [-0.2, -0.15) is 0 Å². The van der Waals surface area contributed by atoms with Gasteiger partial charge in [-0.3, -0.25) is 0 Å². The molecule has 0 aliphatic carbocycles. The van der Waals surface area contributed by atoms with E-state index in [0.29, 0.717) is 11.3 Å². The molecular weight excluding hydrogens is 262 g/mol. The Morgan fingerprint density at radius 3 is 2.29 bits per heavy atom. The van der Waals surface area contributed by atoms with Crippen LogP contribution < -0.4 is 0 Å². The van der Waals surface area contributed by atoms with Crippen molar-refractivity contribution in [3.8, 4) is 0 Å². The maximum absolute atomic E-state index is 11.8. The summed E-state index contributed by atoms with van der Waals surface area (Å²) in [7, 11) is 0. The molecule has 2 aromatic carbocycles. The Hall–Kier alpha value is -2.94. The van der Waals surface area contributed by atoms with Crippen molar-refractivity contribution in [2.45, 2.75) is 0 Å². The second-order valence-electron chi connectivity index (χ2n) is 4.53. The zero-order valence-electron chi connectivity index (χ0n) is 11.3. The normalized spacial score (nSPS) is 16.3. The van der Waals surface area contributed by atoms with Crippen molar-refractivity contribution in [2.75, 3.05) is 0 Å². The number of carbonyl (C=O) groups excluding carboxylic acids is 1. The molecule has 0 N–H and O–H groups in total. The van der Waals surface area contributed by atoms with Crippen molar-refractivity contribution in [2.24, 2.45) is 5.16 Å². The van der Waals surface area contributed by atoms with Crippen LogP contribution in [0.15, 0.2) is 83.5 Å². The van der Waals surface area contributed by atoms with Gasteiger partial charge < -0.3 is 4.84 Å². The highest BCUT2D eigenvalue weighted by Crippen LogP contribution is 2.18. The van der Waals surface area contributed by atoms with Gasteiger partial charge in [0.1, 0.15) is 5.71 Å². The fraction of sp³-hybridized carbons (Fsp3) is 0. The van der Waals surface area contributed by atoms with Gasteiger partial charge in [0, 0.05) is 5.56 Å². The Balaban J connectivity index is 1.86. The van der Waals surface area contributed by atoms with Gasteiger partial charge in [-0.15, -0.1) is 0 Å². The van der Waals surface area contributed by atoms with Crippen LogP contribution in [-0.4, -0.2) is 11.7 Å². The first-order valence-corrected chi connectivity index (χ1v) is 6.63. The Morgan fingerprint density at radius 1 is 0.905 bits per heavy atom. The van der Waals surface area contributed by atoms with Crippen molar-refractivity contribution >= 4 is 17.8 Å². The molecule has 0 saturated heterocycles. The van der Waals surface area contributed by atoms with Crippen molar-refractivity contribution in [3.63, 3.8) is 0 Å². The summed E-state index contributed by atoms with van der Waals surface area (Å²) in [5.41, 5.74) is 2.97. The highest BCUT2D eigenvalue weighted by atomic mass is 16.7. The molecule has 1 aliphatic heterocycles. The van der Waals surface area contributed by atoms with E-state index in [4.69, 9.17) is 4.84 Å². The van der Waals surface area contributed by atoms with E-state index >= 15 is 0 Å². The third-order valence-corrected chi connectivity index (χ3v) is 3.09. The number of hydrogen-bond acceptors (Lipinski definition) is 3. The number of hydrogen-bond donors (Lipinski definition) is 0. The van der Waals surface area contributed by atoms with Gasteiger partial charge >= 0.3 is 5.97 Å². The van der Waals surface area contributed by atoms with Gasteiger partial charge in [-0.25, -0.2) is 4.79 Å². The predicted molar refractivity (Wildman–Crippen MR) is 82.6 cm³/mol. The van der Waals surface area contributed by atoms with Crippen LogP contribution in [0.4, 0.5) is 0 Å². The first-order chi connectivity index (χ1) is 10.3. The van der Waals surface area contributed by atoms with Crippen molar-refractivity contribution < 1.29 is 9.63 Å². The second kappa shape index (κ2) is 6.01. The molecule has 102 valence electrons. The fourth-order valence-corrected chi connectivity index (χ4v) is 2.05. The van der Waals surface area contributed by atoms with Crippen LogP contribution in [0.5, 0.6) is 0 Å². The average Bonchev–Trinajstić information content (AvgIpc) is 2.91. The summed E-state index contributed by atoms with van der Waals surface area (Å²) in [5, 5.41) is 3.86. The molecule has 1 heterocycles. The maximum atomic E-state index is 11.8. The second-order valence-corrected chi connectivity index (χ2v) is 4.53. The lowest BCUT2D eigenvalue weighted by atomic mass is 10.0. The molecule has 0 saturated carbocycles. The molecule has 0 aromatic heterocycles. The van der Waals surface area contributed by atoms with Crippen LogP contribution in [0.1, 0.15) is 11.1 Å². The summed E-state index contributed by atoms with van der Waals surface area (Å²) in [6.07, 6.45) is 5.49. The quantitative estimate of drug-likeness (QED) is 0.634. The first kappa shape index (κ1) is 13.1. The monoisotopic (exact) mass is 275 g/mol. The van der Waals surface area contributed by atoms with Gasteiger partial charge in [0.05, 0.1) is 5.57 Å². The lowest BCUT2D eigenvalue weighted by molar-refractivity contribution is -0.136. The molecule has 21 heavy (non-hydrogen) atoms. The molecule has 3 heteroatoms. The standard InChI is InChI=1S/C18H13NO2/c20-18-16(13-7-10-14-8-3-1-4-9-14)17(19-21-18)15-11-5-2-6-12-15/h1-13H/b10-7?,16-13+. The largest absolute Gasteiger partial charge is 0.368 e. The molecule has 0 bridgehead atoms. The number of benzene rings is 2. The molecule has 0 unspecified atom stereocenters. The van der Waals surface area contributed by atoms with E-state index in [1.807, 2.05) is 72.8 Å². The Kier molecular flexibility index (Phi) is 3.74. The third-order valence-electron chi connectivity index (χ3n) is 3.09. The minimum Gasteiger partial charge on any atom is -0.312 e. The number of carbonyl (C=O) groups is 1. The fourth-order valence-electron chi connectivity index (χ4n) is 2.05. The Labute approximate surface area is 122 Å². The van der Waals surface area contributed by atoms with E-state index in [0.717, 1.165) is 11.1 Å². The topological polar surface area (TPSA) is 38.7 Å². The van der Waals surface area contributed by atoms with E-state index < -0.39 is 5.97 Å². The molecule has 2 aromatic rings. The zero-order valence-corrected chi connectivity index (χ0v) is 11.3. The molecule has 0 fully saturated rings. The van der Waals surface area contributed by atoms with Gasteiger partial charge in [0.15, 0.2) is 0 Å². The van der Waals surface area contributed by atoms with Crippen LogP contribution in [0, 0.1) is 0 Å². The third kappa shape index (κ3) is 2.98. The number of rotatable bonds is 3. The van der Waals surface area contributed by atoms with Crippen LogP contribution in [0.3, 0.4) is 0 Å². The molecule has 3 rings (SSSR count). The molecule has 0 radical (unpaired) electrons. The van der Waals surface area contributed by atoms with Crippen LogP contribution in [0.2, 0.25) is 0 Å². The molecule has 0 atom stereocenters. The maximum Gasteiger partial charge on any atom is 0.368 e. The highest BCUT2D eigenvalue weighted by molar-refractivity contribution is 6.29. The molecule has 1 aliphatic rings. The minimum atomic E-state index is -0.424. The summed E-state index contributed by atoms with van der Waals surface area (Å²) in [6, 6.07) is 19.4. The van der Waals surface area contributed by atoms with E-state index in [1.54, 1.807) is 6.08 Å². The number of allylic oxidation sites excluding steroid dienone is 2. The van der Waals surface area contributed by atoms with E-state index in [2.05, 4.69) is 5.16 Å². The lowest BCUT2D eigenvalue weighted by Crippen LogP contribution is -2.06. The smallest absolute Gasteiger partial charge is 0.312 e. The lowest BCUT2D eigenvalue weighted by Gasteiger charge is -1.98. The zero-order chi connectivity index (χ0) is 14.5. The molecule has 0 spiro atoms. The molecule has 0 amide bonds. The van der Waals surface area contributed by atoms with Crippen molar-refractivity contribution in [3.05, 3.63) is 89.5 Å². The van der Waals surface area contributed by atoms with E-state index in [-0.39, 0.29) is 0 Å². The number of oxime groups is 1. The van der Waals surface area contributed by atoms with E-state index in [9.17, 15) is 4.79 Å². The van der Waals surface area contributed by atoms with Gasteiger partial charge in [0.2, 0.25) is 0 Å². The van der Waals surface area contributed by atoms with E-state index in [1.165, 1.54) is 0 Å².